The van der Waals surface area contributed by atoms with E-state index in [2.05, 4.69) is 10.1 Å². The van der Waals surface area contributed by atoms with Gasteiger partial charge in [-0.3, -0.25) is 0 Å². The van der Waals surface area contributed by atoms with Gasteiger partial charge in [-0.25, -0.2) is 0 Å². The van der Waals surface area contributed by atoms with Crippen LogP contribution in [0.1, 0.15) is 11.1 Å². The van der Waals surface area contributed by atoms with Gasteiger partial charge in [-0.2, -0.15) is 13.2 Å². The van der Waals surface area contributed by atoms with Crippen LogP contribution in [-0.2, 0) is 13.2 Å². The van der Waals surface area contributed by atoms with Crippen molar-refractivity contribution in [2.75, 3.05) is 11.9 Å². The summed E-state index contributed by atoms with van der Waals surface area (Å²) in [6.45, 7) is -0.798. The molecule has 0 bridgehead atoms. The number of rotatable bonds is 6. The smallest absolute Gasteiger partial charge is 0.422 e. The fourth-order valence-corrected chi connectivity index (χ4v) is 1.85. The molecule has 2 aromatic rings. The summed E-state index contributed by atoms with van der Waals surface area (Å²) in [6.07, 6.45) is -4.34. The maximum atomic E-state index is 12.0. The zero-order valence-corrected chi connectivity index (χ0v) is 11.7. The summed E-state index contributed by atoms with van der Waals surface area (Å²) in [6, 6.07) is 13.8. The second-order valence-corrected chi connectivity index (χ2v) is 4.76. The minimum absolute atomic E-state index is 0.0270. The van der Waals surface area contributed by atoms with E-state index in [9.17, 15) is 13.2 Å². The number of alkyl halides is 3. The van der Waals surface area contributed by atoms with E-state index in [0.29, 0.717) is 6.54 Å². The predicted octanol–water partition coefficient (Wildman–Crippen LogP) is 3.73. The van der Waals surface area contributed by atoms with Crippen molar-refractivity contribution >= 4 is 5.69 Å². The Kier molecular flexibility index (Phi) is 5.27. The van der Waals surface area contributed by atoms with Gasteiger partial charge in [0.05, 0.1) is 6.61 Å². The summed E-state index contributed by atoms with van der Waals surface area (Å²) in [5.41, 5.74) is 2.58. The SMILES string of the molecule is OCc1cccc(NCc2ccc(OCC(F)(F)F)cc2)c1. The van der Waals surface area contributed by atoms with Crippen molar-refractivity contribution in [1.29, 1.82) is 0 Å². The van der Waals surface area contributed by atoms with Gasteiger partial charge < -0.3 is 15.2 Å². The van der Waals surface area contributed by atoms with Crippen LogP contribution in [0.5, 0.6) is 5.75 Å². The van der Waals surface area contributed by atoms with Crippen molar-refractivity contribution in [1.82, 2.24) is 0 Å². The van der Waals surface area contributed by atoms with Gasteiger partial charge >= 0.3 is 6.18 Å². The second kappa shape index (κ2) is 7.17. The summed E-state index contributed by atoms with van der Waals surface area (Å²) in [4.78, 5) is 0. The number of ether oxygens (including phenoxy) is 1. The molecular formula is C16H16F3NO2. The van der Waals surface area contributed by atoms with Gasteiger partial charge in [0.1, 0.15) is 5.75 Å². The molecule has 0 heterocycles. The molecule has 0 aromatic heterocycles. The van der Waals surface area contributed by atoms with E-state index in [1.165, 1.54) is 12.1 Å². The van der Waals surface area contributed by atoms with E-state index in [1.54, 1.807) is 12.1 Å². The maximum absolute atomic E-state index is 12.0. The Bertz CT molecular complexity index is 597. The highest BCUT2D eigenvalue weighted by Crippen LogP contribution is 2.19. The van der Waals surface area contributed by atoms with Gasteiger partial charge in [0.15, 0.2) is 6.61 Å². The van der Waals surface area contributed by atoms with E-state index < -0.39 is 12.8 Å². The van der Waals surface area contributed by atoms with E-state index in [4.69, 9.17) is 5.11 Å². The van der Waals surface area contributed by atoms with Gasteiger partial charge in [-0.1, -0.05) is 24.3 Å². The molecule has 0 spiro atoms. The molecule has 0 amide bonds. The molecule has 0 aliphatic heterocycles. The highest BCUT2D eigenvalue weighted by atomic mass is 19.4. The van der Waals surface area contributed by atoms with Crippen LogP contribution in [0.4, 0.5) is 18.9 Å². The predicted molar refractivity (Wildman–Crippen MR) is 77.7 cm³/mol. The lowest BCUT2D eigenvalue weighted by Gasteiger charge is -2.10. The van der Waals surface area contributed by atoms with Crippen LogP contribution in [0.3, 0.4) is 0 Å². The average molecular weight is 311 g/mol. The minimum Gasteiger partial charge on any atom is -0.484 e. The van der Waals surface area contributed by atoms with Crippen LogP contribution in [0.2, 0.25) is 0 Å². The summed E-state index contributed by atoms with van der Waals surface area (Å²) in [5, 5.41) is 12.2. The van der Waals surface area contributed by atoms with E-state index >= 15 is 0 Å². The van der Waals surface area contributed by atoms with Crippen molar-refractivity contribution in [3.63, 3.8) is 0 Å². The molecule has 22 heavy (non-hydrogen) atoms. The van der Waals surface area contributed by atoms with Crippen molar-refractivity contribution in [2.45, 2.75) is 19.3 Å². The molecule has 118 valence electrons. The number of anilines is 1. The molecule has 2 rings (SSSR count). The minimum atomic E-state index is -4.34. The number of hydrogen-bond donors (Lipinski definition) is 2. The van der Waals surface area contributed by atoms with Crippen LogP contribution >= 0.6 is 0 Å². The van der Waals surface area contributed by atoms with Crippen molar-refractivity contribution in [3.8, 4) is 5.75 Å². The highest BCUT2D eigenvalue weighted by molar-refractivity contribution is 5.46. The number of halogens is 3. The summed E-state index contributed by atoms with van der Waals surface area (Å²) < 4.78 is 40.8. The van der Waals surface area contributed by atoms with Crippen molar-refractivity contribution in [2.24, 2.45) is 0 Å². The molecule has 0 saturated heterocycles. The fourth-order valence-electron chi connectivity index (χ4n) is 1.85. The first-order valence-corrected chi connectivity index (χ1v) is 6.68. The summed E-state index contributed by atoms with van der Waals surface area (Å²) in [7, 11) is 0. The summed E-state index contributed by atoms with van der Waals surface area (Å²) >= 11 is 0. The lowest BCUT2D eigenvalue weighted by molar-refractivity contribution is -0.153. The van der Waals surface area contributed by atoms with Crippen LogP contribution in [0, 0.1) is 0 Å². The Hall–Kier alpha value is -2.21. The second-order valence-electron chi connectivity index (χ2n) is 4.76. The molecule has 0 fully saturated rings. The average Bonchev–Trinajstić information content (AvgIpc) is 2.51. The molecule has 0 atom stereocenters. The summed E-state index contributed by atoms with van der Waals surface area (Å²) in [5.74, 6) is 0.184. The topological polar surface area (TPSA) is 41.5 Å². The lowest BCUT2D eigenvalue weighted by Crippen LogP contribution is -2.19. The van der Waals surface area contributed by atoms with E-state index in [0.717, 1.165) is 16.8 Å². The molecular weight excluding hydrogens is 295 g/mol. The molecule has 2 N–H and O–H groups in total. The maximum Gasteiger partial charge on any atom is 0.422 e. The molecule has 6 heteroatoms. The Balaban J connectivity index is 1.88. The first-order chi connectivity index (χ1) is 10.5. The fraction of sp³-hybridized carbons (Fsp3) is 0.250. The van der Waals surface area contributed by atoms with Crippen molar-refractivity contribution < 1.29 is 23.0 Å². The molecule has 0 aliphatic rings. The third-order valence-electron chi connectivity index (χ3n) is 2.93. The van der Waals surface area contributed by atoms with Crippen LogP contribution in [-0.4, -0.2) is 17.9 Å². The molecule has 3 nitrogen and oxygen atoms in total. The largest absolute Gasteiger partial charge is 0.484 e. The Labute approximate surface area is 126 Å². The number of aliphatic hydroxyl groups excluding tert-OH is 1. The molecule has 0 radical (unpaired) electrons. The Morgan fingerprint density at radius 1 is 1.00 bits per heavy atom. The van der Waals surface area contributed by atoms with Gasteiger partial charge in [0, 0.05) is 12.2 Å². The third-order valence-corrected chi connectivity index (χ3v) is 2.93. The lowest BCUT2D eigenvalue weighted by atomic mass is 10.2. The van der Waals surface area contributed by atoms with Gasteiger partial charge in [0.25, 0.3) is 0 Å². The van der Waals surface area contributed by atoms with Crippen LogP contribution in [0.25, 0.3) is 0 Å². The Morgan fingerprint density at radius 2 is 1.73 bits per heavy atom. The zero-order valence-electron chi connectivity index (χ0n) is 11.7. The number of benzene rings is 2. The third kappa shape index (κ3) is 5.29. The van der Waals surface area contributed by atoms with Gasteiger partial charge in [0.2, 0.25) is 0 Å². The van der Waals surface area contributed by atoms with Gasteiger partial charge in [-0.05, 0) is 35.4 Å². The van der Waals surface area contributed by atoms with Crippen LogP contribution in [0.15, 0.2) is 48.5 Å². The monoisotopic (exact) mass is 311 g/mol. The zero-order chi connectivity index (χ0) is 16.0. The quantitative estimate of drug-likeness (QED) is 0.854. The Morgan fingerprint density at radius 3 is 2.36 bits per heavy atom. The number of aliphatic hydroxyl groups is 1. The van der Waals surface area contributed by atoms with E-state index in [-0.39, 0.29) is 12.4 Å². The first-order valence-electron chi connectivity index (χ1n) is 6.68. The molecule has 0 unspecified atom stereocenters. The molecule has 0 aliphatic carbocycles. The standard InChI is InChI=1S/C16H16F3NO2/c17-16(18,19)11-22-15-6-4-12(5-7-15)9-20-14-3-1-2-13(8-14)10-21/h1-8,20-21H,9-11H2. The normalized spacial score (nSPS) is 11.3. The molecule has 0 saturated carbocycles. The van der Waals surface area contributed by atoms with Crippen LogP contribution < -0.4 is 10.1 Å². The highest BCUT2D eigenvalue weighted by Gasteiger charge is 2.28. The number of hydrogen-bond acceptors (Lipinski definition) is 3. The number of nitrogens with one attached hydrogen (secondary N) is 1. The van der Waals surface area contributed by atoms with Crippen molar-refractivity contribution in [3.05, 3.63) is 59.7 Å². The van der Waals surface area contributed by atoms with E-state index in [1.807, 2.05) is 24.3 Å². The van der Waals surface area contributed by atoms with Gasteiger partial charge in [-0.15, -0.1) is 0 Å². The molecule has 2 aromatic carbocycles. The first kappa shape index (κ1) is 16.2.